The number of fused-ring (bicyclic) bond motifs is 1. The summed E-state index contributed by atoms with van der Waals surface area (Å²) in [6.07, 6.45) is 1.38. The van der Waals surface area contributed by atoms with E-state index in [1.54, 1.807) is 61.5 Å². The molecule has 0 fully saturated rings. The van der Waals surface area contributed by atoms with Crippen LogP contribution in [0.15, 0.2) is 98.1 Å². The monoisotopic (exact) mass is 530 g/mol. The molecular formula is C27H22N4O6S. The Morgan fingerprint density at radius 2 is 1.76 bits per heavy atom. The Labute approximate surface area is 217 Å². The van der Waals surface area contributed by atoms with E-state index < -0.39 is 21.5 Å². The topological polar surface area (TPSA) is 136 Å². The van der Waals surface area contributed by atoms with E-state index in [-0.39, 0.29) is 21.8 Å². The van der Waals surface area contributed by atoms with E-state index in [4.69, 9.17) is 9.26 Å². The first-order valence-electron chi connectivity index (χ1n) is 11.4. The number of aliphatic imine (C=N–C) groups is 1. The zero-order valence-corrected chi connectivity index (χ0v) is 21.1. The SMILES string of the molecule is COc1ccccc1NS(=O)(=O)c1cccc(-n2c(O)c(C=Nc3cc(C)on3)c3ccccc3c2=O)c1. The van der Waals surface area contributed by atoms with E-state index in [0.717, 1.165) is 4.57 Å². The summed E-state index contributed by atoms with van der Waals surface area (Å²) in [5, 5.41) is 15.8. The molecule has 38 heavy (non-hydrogen) atoms. The quantitative estimate of drug-likeness (QED) is 0.295. The van der Waals surface area contributed by atoms with E-state index in [9.17, 15) is 18.3 Å². The molecule has 0 saturated carbocycles. The lowest BCUT2D eigenvalue weighted by molar-refractivity contribution is 0.399. The van der Waals surface area contributed by atoms with Gasteiger partial charge in [0, 0.05) is 23.1 Å². The van der Waals surface area contributed by atoms with Crippen LogP contribution in [-0.2, 0) is 10.0 Å². The highest BCUT2D eigenvalue weighted by molar-refractivity contribution is 7.92. The maximum atomic E-state index is 13.5. The number of nitrogens with zero attached hydrogens (tertiary/aromatic N) is 3. The highest BCUT2D eigenvalue weighted by Crippen LogP contribution is 2.29. The van der Waals surface area contributed by atoms with Gasteiger partial charge in [0.05, 0.1) is 28.9 Å². The number of anilines is 1. The predicted molar refractivity (Wildman–Crippen MR) is 144 cm³/mol. The van der Waals surface area contributed by atoms with Crippen molar-refractivity contribution in [2.24, 2.45) is 4.99 Å². The standard InChI is InChI=1S/C27H22N4O6S/c1-17-14-25(29-37-17)28-16-22-20-10-3-4-11-21(20)26(32)31(27(22)33)18-8-7-9-19(15-18)38(34,35)30-23-12-5-6-13-24(23)36-2/h3-16,30,33H,1-2H3. The molecule has 0 aliphatic carbocycles. The third kappa shape index (κ3) is 4.62. The summed E-state index contributed by atoms with van der Waals surface area (Å²) in [6, 6.07) is 20.7. The smallest absolute Gasteiger partial charge is 0.265 e. The van der Waals surface area contributed by atoms with Gasteiger partial charge >= 0.3 is 0 Å². The number of aryl methyl sites for hydroxylation is 1. The molecule has 0 radical (unpaired) electrons. The lowest BCUT2D eigenvalue weighted by atomic mass is 10.1. The minimum absolute atomic E-state index is 0.117. The van der Waals surface area contributed by atoms with Gasteiger partial charge in [-0.25, -0.2) is 18.0 Å². The summed E-state index contributed by atoms with van der Waals surface area (Å²) in [6.45, 7) is 1.73. The highest BCUT2D eigenvalue weighted by Gasteiger charge is 2.20. The van der Waals surface area contributed by atoms with Crippen molar-refractivity contribution in [1.29, 1.82) is 0 Å². The van der Waals surface area contributed by atoms with Gasteiger partial charge in [-0.05, 0) is 43.3 Å². The van der Waals surface area contributed by atoms with Crippen LogP contribution in [0.25, 0.3) is 16.5 Å². The van der Waals surface area contributed by atoms with E-state index in [1.807, 2.05) is 0 Å². The van der Waals surface area contributed by atoms with Gasteiger partial charge in [-0.15, -0.1) is 0 Å². The normalized spacial score (nSPS) is 11.7. The second kappa shape index (κ2) is 9.87. The van der Waals surface area contributed by atoms with Gasteiger partial charge in [-0.2, -0.15) is 0 Å². The van der Waals surface area contributed by atoms with Crippen LogP contribution in [0.5, 0.6) is 11.6 Å². The van der Waals surface area contributed by atoms with Crippen molar-refractivity contribution in [2.75, 3.05) is 11.8 Å². The molecule has 0 atom stereocenters. The van der Waals surface area contributed by atoms with Gasteiger partial charge in [0.25, 0.3) is 15.6 Å². The third-order valence-corrected chi connectivity index (χ3v) is 7.15. The van der Waals surface area contributed by atoms with Gasteiger partial charge in [0.15, 0.2) is 5.82 Å². The molecule has 0 amide bonds. The molecule has 11 heteroatoms. The lowest BCUT2D eigenvalue weighted by Gasteiger charge is -2.15. The average Bonchev–Trinajstić information content (AvgIpc) is 3.34. The van der Waals surface area contributed by atoms with Crippen molar-refractivity contribution in [2.45, 2.75) is 11.8 Å². The molecular weight excluding hydrogens is 508 g/mol. The Morgan fingerprint density at radius 3 is 2.50 bits per heavy atom. The summed E-state index contributed by atoms with van der Waals surface area (Å²) in [5.74, 6) is 0.793. The minimum atomic E-state index is -4.07. The maximum Gasteiger partial charge on any atom is 0.265 e. The minimum Gasteiger partial charge on any atom is -0.495 e. The number of sulfonamides is 1. The lowest BCUT2D eigenvalue weighted by Crippen LogP contribution is -2.21. The fourth-order valence-electron chi connectivity index (χ4n) is 4.00. The van der Waals surface area contributed by atoms with Crippen molar-refractivity contribution in [1.82, 2.24) is 9.72 Å². The number of para-hydroxylation sites is 2. The Morgan fingerprint density at radius 1 is 1.03 bits per heavy atom. The molecule has 5 aromatic rings. The maximum absolute atomic E-state index is 13.5. The van der Waals surface area contributed by atoms with Crippen molar-refractivity contribution < 1.29 is 22.8 Å². The molecule has 2 aromatic heterocycles. The second-order valence-corrected chi connectivity index (χ2v) is 9.96. The number of nitrogens with one attached hydrogen (secondary N) is 1. The van der Waals surface area contributed by atoms with Crippen molar-refractivity contribution in [3.8, 4) is 17.3 Å². The third-order valence-electron chi connectivity index (χ3n) is 5.78. The number of aromatic hydroxyl groups is 1. The zero-order chi connectivity index (χ0) is 26.9. The van der Waals surface area contributed by atoms with Crippen LogP contribution in [-0.4, -0.2) is 36.6 Å². The van der Waals surface area contributed by atoms with Crippen molar-refractivity contribution in [3.05, 3.63) is 101 Å². The van der Waals surface area contributed by atoms with Crippen LogP contribution in [0.4, 0.5) is 11.5 Å². The fraction of sp³-hybridized carbons (Fsp3) is 0.0741. The van der Waals surface area contributed by atoms with Crippen LogP contribution >= 0.6 is 0 Å². The largest absolute Gasteiger partial charge is 0.495 e. The van der Waals surface area contributed by atoms with Crippen molar-refractivity contribution in [3.63, 3.8) is 0 Å². The first kappa shape index (κ1) is 24.8. The Hall–Kier alpha value is -4.90. The van der Waals surface area contributed by atoms with Gasteiger partial charge in [0.2, 0.25) is 5.88 Å². The predicted octanol–water partition coefficient (Wildman–Crippen LogP) is 4.55. The first-order valence-corrected chi connectivity index (χ1v) is 12.9. The Kier molecular flexibility index (Phi) is 6.43. The molecule has 10 nitrogen and oxygen atoms in total. The molecule has 0 aliphatic heterocycles. The van der Waals surface area contributed by atoms with Crippen LogP contribution in [0, 0.1) is 6.92 Å². The highest BCUT2D eigenvalue weighted by atomic mass is 32.2. The van der Waals surface area contributed by atoms with E-state index in [1.165, 1.54) is 37.6 Å². The van der Waals surface area contributed by atoms with E-state index in [2.05, 4.69) is 14.9 Å². The molecule has 2 heterocycles. The zero-order valence-electron chi connectivity index (χ0n) is 20.3. The number of ether oxygens (including phenoxy) is 1. The Balaban J connectivity index is 1.64. The molecule has 0 spiro atoms. The molecule has 0 saturated heterocycles. The number of rotatable bonds is 7. The first-order chi connectivity index (χ1) is 18.3. The summed E-state index contributed by atoms with van der Waals surface area (Å²) in [4.78, 5) is 17.6. The van der Waals surface area contributed by atoms with Crippen LogP contribution in [0.1, 0.15) is 11.3 Å². The average molecular weight is 531 g/mol. The molecule has 5 rings (SSSR count). The van der Waals surface area contributed by atoms with Gasteiger partial charge in [-0.3, -0.25) is 9.52 Å². The molecule has 0 aliphatic rings. The number of benzene rings is 3. The number of hydrogen-bond donors (Lipinski definition) is 2. The van der Waals surface area contributed by atoms with Gasteiger partial charge < -0.3 is 14.4 Å². The summed E-state index contributed by atoms with van der Waals surface area (Å²) < 4.78 is 40.2. The summed E-state index contributed by atoms with van der Waals surface area (Å²) in [7, 11) is -2.63. The fourth-order valence-corrected chi connectivity index (χ4v) is 5.11. The number of aromatic nitrogens is 2. The summed E-state index contributed by atoms with van der Waals surface area (Å²) >= 11 is 0. The van der Waals surface area contributed by atoms with Gasteiger partial charge in [-0.1, -0.05) is 41.6 Å². The molecule has 192 valence electrons. The van der Waals surface area contributed by atoms with Gasteiger partial charge in [0.1, 0.15) is 11.5 Å². The number of hydrogen-bond acceptors (Lipinski definition) is 8. The molecule has 0 unspecified atom stereocenters. The number of methoxy groups -OCH3 is 1. The Bertz CT molecular complexity index is 1860. The molecule has 0 bridgehead atoms. The van der Waals surface area contributed by atoms with Crippen LogP contribution < -0.4 is 15.0 Å². The molecule has 2 N–H and O–H groups in total. The van der Waals surface area contributed by atoms with Crippen LogP contribution in [0.2, 0.25) is 0 Å². The summed E-state index contributed by atoms with van der Waals surface area (Å²) in [5.41, 5.74) is 0.127. The van der Waals surface area contributed by atoms with E-state index in [0.29, 0.717) is 28.1 Å². The second-order valence-electron chi connectivity index (χ2n) is 8.28. The molecule has 3 aromatic carbocycles. The van der Waals surface area contributed by atoms with Crippen LogP contribution in [0.3, 0.4) is 0 Å². The van der Waals surface area contributed by atoms with Crippen molar-refractivity contribution >= 4 is 38.5 Å². The number of pyridine rings is 1. The van der Waals surface area contributed by atoms with E-state index >= 15 is 0 Å².